The van der Waals surface area contributed by atoms with Crippen LogP contribution in [0.2, 0.25) is 0 Å². The van der Waals surface area contributed by atoms with Crippen molar-refractivity contribution in [2.45, 2.75) is 44.7 Å². The van der Waals surface area contributed by atoms with Crippen LogP contribution in [0.1, 0.15) is 43.4 Å². The van der Waals surface area contributed by atoms with Crippen LogP contribution in [-0.4, -0.2) is 51.8 Å². The number of aromatic nitrogens is 2. The Morgan fingerprint density at radius 3 is 2.63 bits per heavy atom. The molecule has 0 amide bonds. The molecular formula is C13H23N3O2S. The lowest BCUT2D eigenvalue weighted by molar-refractivity contribution is -0.0493. The second-order valence-electron chi connectivity index (χ2n) is 5.55. The molecule has 1 saturated heterocycles. The van der Waals surface area contributed by atoms with Gasteiger partial charge in [-0.25, -0.2) is 4.98 Å². The van der Waals surface area contributed by atoms with E-state index in [1.54, 1.807) is 0 Å². The summed E-state index contributed by atoms with van der Waals surface area (Å²) in [6, 6.07) is 0. The average molecular weight is 285 g/mol. The molecule has 1 aliphatic heterocycles. The Morgan fingerprint density at radius 1 is 1.42 bits per heavy atom. The number of ether oxygens (including phenoxy) is 1. The fourth-order valence-corrected chi connectivity index (χ4v) is 3.19. The molecule has 0 saturated carbocycles. The summed E-state index contributed by atoms with van der Waals surface area (Å²) in [5, 5.41) is 10.8. The van der Waals surface area contributed by atoms with Crippen LogP contribution in [-0.2, 0) is 11.3 Å². The summed E-state index contributed by atoms with van der Waals surface area (Å²) in [6.07, 6.45) is 1.74. The first-order valence-electron chi connectivity index (χ1n) is 6.80. The van der Waals surface area contributed by atoms with Crippen LogP contribution in [0.3, 0.4) is 0 Å². The standard InChI is InChI=1S/C13H23N3O2S/c1-10(2)12-14-11(19-15-12)8-16(3)13(9-17)4-6-18-7-5-13/h10,17H,4-9H2,1-3H3. The van der Waals surface area contributed by atoms with E-state index in [1.165, 1.54) is 11.5 Å². The quantitative estimate of drug-likeness (QED) is 0.891. The number of nitrogens with zero attached hydrogens (tertiary/aromatic N) is 3. The third kappa shape index (κ3) is 3.31. The van der Waals surface area contributed by atoms with Gasteiger partial charge in [0, 0.05) is 24.7 Å². The predicted molar refractivity (Wildman–Crippen MR) is 75.3 cm³/mol. The molecule has 6 heteroatoms. The Balaban J connectivity index is 2.03. The van der Waals surface area contributed by atoms with Crippen LogP contribution in [0, 0.1) is 0 Å². The van der Waals surface area contributed by atoms with Gasteiger partial charge in [0.25, 0.3) is 0 Å². The zero-order chi connectivity index (χ0) is 13.9. The third-order valence-electron chi connectivity index (χ3n) is 3.90. The highest BCUT2D eigenvalue weighted by molar-refractivity contribution is 7.05. The van der Waals surface area contributed by atoms with E-state index in [0.717, 1.165) is 43.4 Å². The SMILES string of the molecule is CC(C)c1nsc(CN(C)C2(CO)CCOCC2)n1. The lowest BCUT2D eigenvalue weighted by atomic mass is 9.89. The van der Waals surface area contributed by atoms with E-state index in [-0.39, 0.29) is 12.1 Å². The molecular weight excluding hydrogens is 262 g/mol. The van der Waals surface area contributed by atoms with E-state index in [4.69, 9.17) is 4.74 Å². The first-order valence-corrected chi connectivity index (χ1v) is 7.57. The monoisotopic (exact) mass is 285 g/mol. The Bertz CT molecular complexity index is 402. The van der Waals surface area contributed by atoms with Gasteiger partial charge in [-0.1, -0.05) is 13.8 Å². The van der Waals surface area contributed by atoms with E-state index in [2.05, 4.69) is 35.2 Å². The van der Waals surface area contributed by atoms with Crippen LogP contribution in [0.25, 0.3) is 0 Å². The highest BCUT2D eigenvalue weighted by atomic mass is 32.1. The van der Waals surface area contributed by atoms with Gasteiger partial charge in [0.05, 0.1) is 13.2 Å². The van der Waals surface area contributed by atoms with Gasteiger partial charge in [-0.05, 0) is 31.4 Å². The maximum atomic E-state index is 9.75. The number of aliphatic hydroxyl groups excluding tert-OH is 1. The van der Waals surface area contributed by atoms with Gasteiger partial charge in [0.2, 0.25) is 0 Å². The topological polar surface area (TPSA) is 58.5 Å². The summed E-state index contributed by atoms with van der Waals surface area (Å²) in [5.41, 5.74) is -0.165. The van der Waals surface area contributed by atoms with Crippen molar-refractivity contribution in [1.29, 1.82) is 0 Å². The maximum absolute atomic E-state index is 9.75. The van der Waals surface area contributed by atoms with Crippen LogP contribution in [0.15, 0.2) is 0 Å². The minimum atomic E-state index is -0.165. The molecule has 5 nitrogen and oxygen atoms in total. The van der Waals surface area contributed by atoms with Crippen molar-refractivity contribution in [3.05, 3.63) is 10.8 Å². The van der Waals surface area contributed by atoms with Gasteiger partial charge in [0.1, 0.15) is 10.8 Å². The molecule has 1 aliphatic rings. The van der Waals surface area contributed by atoms with Crippen molar-refractivity contribution >= 4 is 11.5 Å². The minimum Gasteiger partial charge on any atom is -0.394 e. The van der Waals surface area contributed by atoms with Crippen LogP contribution in [0.4, 0.5) is 0 Å². The summed E-state index contributed by atoms with van der Waals surface area (Å²) in [4.78, 5) is 6.77. The molecule has 0 unspecified atom stereocenters. The van der Waals surface area contributed by atoms with Gasteiger partial charge in [-0.15, -0.1) is 0 Å². The zero-order valence-electron chi connectivity index (χ0n) is 11.9. The number of hydrogen-bond donors (Lipinski definition) is 1. The Morgan fingerprint density at radius 2 is 2.11 bits per heavy atom. The first-order chi connectivity index (χ1) is 9.07. The summed E-state index contributed by atoms with van der Waals surface area (Å²) in [7, 11) is 2.05. The van der Waals surface area contributed by atoms with Crippen LogP contribution in [0.5, 0.6) is 0 Å². The van der Waals surface area contributed by atoms with Gasteiger partial charge in [-0.2, -0.15) is 4.37 Å². The molecule has 0 atom stereocenters. The minimum absolute atomic E-state index is 0.165. The Kier molecular flexibility index (Phi) is 4.89. The van der Waals surface area contributed by atoms with Crippen molar-refractivity contribution in [3.8, 4) is 0 Å². The Hall–Kier alpha value is -0.560. The van der Waals surface area contributed by atoms with Gasteiger partial charge >= 0.3 is 0 Å². The fourth-order valence-electron chi connectivity index (χ4n) is 2.35. The molecule has 2 rings (SSSR count). The molecule has 0 aliphatic carbocycles. The normalized spacial score (nSPS) is 19.3. The fraction of sp³-hybridized carbons (Fsp3) is 0.846. The van der Waals surface area contributed by atoms with E-state index in [9.17, 15) is 5.11 Å². The summed E-state index contributed by atoms with van der Waals surface area (Å²) >= 11 is 1.46. The third-order valence-corrected chi connectivity index (χ3v) is 4.61. The molecule has 0 spiro atoms. The zero-order valence-corrected chi connectivity index (χ0v) is 12.7. The molecule has 1 fully saturated rings. The molecule has 1 N–H and O–H groups in total. The maximum Gasteiger partial charge on any atom is 0.145 e. The molecule has 19 heavy (non-hydrogen) atoms. The number of rotatable bonds is 5. The number of aliphatic hydroxyl groups is 1. The smallest absolute Gasteiger partial charge is 0.145 e. The van der Waals surface area contributed by atoms with E-state index in [0.29, 0.717) is 5.92 Å². The molecule has 2 heterocycles. The number of hydrogen-bond acceptors (Lipinski definition) is 6. The van der Waals surface area contributed by atoms with Crippen molar-refractivity contribution < 1.29 is 9.84 Å². The highest BCUT2D eigenvalue weighted by Gasteiger charge is 2.36. The van der Waals surface area contributed by atoms with E-state index >= 15 is 0 Å². The summed E-state index contributed by atoms with van der Waals surface area (Å²) < 4.78 is 9.78. The number of likely N-dealkylation sites (N-methyl/N-ethyl adjacent to an activating group) is 1. The molecule has 0 aromatic carbocycles. The van der Waals surface area contributed by atoms with Crippen molar-refractivity contribution in [2.24, 2.45) is 0 Å². The van der Waals surface area contributed by atoms with Crippen molar-refractivity contribution in [1.82, 2.24) is 14.3 Å². The van der Waals surface area contributed by atoms with Crippen molar-refractivity contribution in [3.63, 3.8) is 0 Å². The van der Waals surface area contributed by atoms with Crippen LogP contribution < -0.4 is 0 Å². The lowest BCUT2D eigenvalue weighted by Gasteiger charge is -2.42. The summed E-state index contributed by atoms with van der Waals surface area (Å²) in [6.45, 7) is 6.55. The second kappa shape index (κ2) is 6.26. The van der Waals surface area contributed by atoms with Crippen LogP contribution >= 0.6 is 11.5 Å². The molecule has 0 bridgehead atoms. The molecule has 0 radical (unpaired) electrons. The first kappa shape index (κ1) is 14.8. The second-order valence-corrected chi connectivity index (χ2v) is 6.39. The van der Waals surface area contributed by atoms with Gasteiger partial charge in [-0.3, -0.25) is 4.90 Å². The molecule has 1 aromatic rings. The molecule has 1 aromatic heterocycles. The lowest BCUT2D eigenvalue weighted by Crippen LogP contribution is -2.52. The van der Waals surface area contributed by atoms with Gasteiger partial charge in [0.15, 0.2) is 0 Å². The highest BCUT2D eigenvalue weighted by Crippen LogP contribution is 2.28. The average Bonchev–Trinajstić information content (AvgIpc) is 2.88. The Labute approximate surface area is 118 Å². The molecule has 108 valence electrons. The predicted octanol–water partition coefficient (Wildman–Crippen LogP) is 1.63. The largest absolute Gasteiger partial charge is 0.394 e. The van der Waals surface area contributed by atoms with Gasteiger partial charge < -0.3 is 9.84 Å². The van der Waals surface area contributed by atoms with E-state index < -0.39 is 0 Å². The van der Waals surface area contributed by atoms with Crippen molar-refractivity contribution in [2.75, 3.05) is 26.9 Å². The van der Waals surface area contributed by atoms with E-state index in [1.807, 2.05) is 0 Å². The summed E-state index contributed by atoms with van der Waals surface area (Å²) in [5.74, 6) is 1.28.